The number of aliphatic hydroxyl groups excluding tert-OH is 1. The minimum absolute atomic E-state index is 0.000122. The molecule has 4 N–H and O–H groups in total. The molecule has 0 unspecified atom stereocenters. The Morgan fingerprint density at radius 2 is 1.49 bits per heavy atom. The second-order valence-corrected chi connectivity index (χ2v) is 14.2. The molecule has 0 bridgehead atoms. The van der Waals surface area contributed by atoms with E-state index in [9.17, 15) is 15.0 Å². The molecule has 0 aliphatic carbocycles. The van der Waals surface area contributed by atoms with Gasteiger partial charge in [0.25, 0.3) is 0 Å². The molecular weight excluding hydrogens is 690 g/mol. The monoisotopic (exact) mass is 733 g/mol. The highest BCUT2D eigenvalue weighted by Gasteiger charge is 2.41. The molecule has 5 aromatic rings. The zero-order valence-corrected chi connectivity index (χ0v) is 30.3. The third-order valence-corrected chi connectivity index (χ3v) is 10.4. The number of amides is 2. The smallest absolute Gasteiger partial charge is 0.323 e. The lowest BCUT2D eigenvalue weighted by Crippen LogP contribution is -2.49. The number of benzene rings is 5. The van der Waals surface area contributed by atoms with Crippen molar-refractivity contribution in [3.63, 3.8) is 0 Å². The molecule has 10 heteroatoms. The van der Waals surface area contributed by atoms with E-state index in [1.54, 1.807) is 24.3 Å². The second kappa shape index (κ2) is 16.5. The quantitative estimate of drug-likeness (QED) is 0.113. The van der Waals surface area contributed by atoms with Gasteiger partial charge in [0, 0.05) is 47.5 Å². The fourth-order valence-corrected chi connectivity index (χ4v) is 7.15. The Labute approximate surface area is 315 Å². The van der Waals surface area contributed by atoms with E-state index in [4.69, 9.17) is 25.8 Å². The van der Waals surface area contributed by atoms with E-state index in [0.717, 1.165) is 28.0 Å². The molecule has 53 heavy (non-hydrogen) atoms. The lowest BCUT2D eigenvalue weighted by atomic mass is 9.84. The van der Waals surface area contributed by atoms with Gasteiger partial charge in [0.15, 0.2) is 6.29 Å². The standard InChI is InChI=1S/C43H44ClN3O6/c1-29-39(27-47-24-22-43(50,23-25-47)33-14-16-34(44)17-15-33)52-41(53-40(29)31-12-10-30(28-48)11-13-31)32-6-5-7-36(26-32)46-42(49)45-35-18-20-38(21-19-35)51-37-8-3-2-4-9-37/h2-21,26,29,39-41,48,50H,22-25,27-28H2,1H3,(H2,45,46,49)/t29-,39+,40+,41+/m0/s1. The minimum Gasteiger partial charge on any atom is -0.457 e. The summed E-state index contributed by atoms with van der Waals surface area (Å²) in [5.41, 5.74) is 3.80. The third-order valence-electron chi connectivity index (χ3n) is 10.1. The number of carbonyl (C=O) groups excluding carboxylic acids is 1. The highest BCUT2D eigenvalue weighted by atomic mass is 35.5. The summed E-state index contributed by atoms with van der Waals surface area (Å²) in [6, 6.07) is 39.1. The number of rotatable bonds is 10. The summed E-state index contributed by atoms with van der Waals surface area (Å²) >= 11 is 6.10. The number of anilines is 2. The average Bonchev–Trinajstić information content (AvgIpc) is 3.18. The molecule has 2 saturated heterocycles. The first-order valence-corrected chi connectivity index (χ1v) is 18.3. The Bertz CT molecular complexity index is 1950. The first kappa shape index (κ1) is 36.6. The Hall–Kier alpha value is -4.74. The van der Waals surface area contributed by atoms with Gasteiger partial charge in [-0.2, -0.15) is 0 Å². The van der Waals surface area contributed by atoms with Crippen molar-refractivity contribution in [1.29, 1.82) is 0 Å². The van der Waals surface area contributed by atoms with Gasteiger partial charge in [-0.15, -0.1) is 0 Å². The van der Waals surface area contributed by atoms with Crippen LogP contribution in [0.3, 0.4) is 0 Å². The van der Waals surface area contributed by atoms with E-state index in [1.807, 2.05) is 103 Å². The Kier molecular flexibility index (Phi) is 11.4. The number of hydrogen-bond donors (Lipinski definition) is 4. The number of aliphatic hydroxyl groups is 2. The number of nitrogens with one attached hydrogen (secondary N) is 2. The number of para-hydroxylation sites is 1. The number of nitrogens with zero attached hydrogens (tertiary/aromatic N) is 1. The van der Waals surface area contributed by atoms with E-state index in [-0.39, 0.29) is 30.8 Å². The van der Waals surface area contributed by atoms with Crippen molar-refractivity contribution in [1.82, 2.24) is 4.90 Å². The lowest BCUT2D eigenvalue weighted by molar-refractivity contribution is -0.277. The van der Waals surface area contributed by atoms with Crippen molar-refractivity contribution < 1.29 is 29.2 Å². The van der Waals surface area contributed by atoms with Crippen molar-refractivity contribution in [2.75, 3.05) is 30.3 Å². The summed E-state index contributed by atoms with van der Waals surface area (Å²) in [6.45, 7) is 4.20. The first-order chi connectivity index (χ1) is 25.7. The third kappa shape index (κ3) is 9.08. The summed E-state index contributed by atoms with van der Waals surface area (Å²) < 4.78 is 19.3. The van der Waals surface area contributed by atoms with Crippen molar-refractivity contribution in [2.45, 2.75) is 50.5 Å². The molecule has 2 heterocycles. The summed E-state index contributed by atoms with van der Waals surface area (Å²) in [5.74, 6) is 1.40. The summed E-state index contributed by atoms with van der Waals surface area (Å²) in [6.07, 6.45) is 0.0333. The SMILES string of the molecule is C[C@H]1[C@@H](CN2CCC(O)(c3ccc(Cl)cc3)CC2)O[C@@H](c2cccc(NC(=O)Nc3ccc(Oc4ccccc4)cc3)c2)O[C@H]1c1ccc(CO)cc1. The number of piperidine rings is 1. The Morgan fingerprint density at radius 3 is 2.19 bits per heavy atom. The molecule has 2 amide bonds. The van der Waals surface area contributed by atoms with Crippen molar-refractivity contribution >= 4 is 29.0 Å². The number of hydrogen-bond acceptors (Lipinski definition) is 7. The molecule has 274 valence electrons. The molecule has 7 rings (SSSR count). The van der Waals surface area contributed by atoms with Crippen LogP contribution in [0.5, 0.6) is 11.5 Å². The van der Waals surface area contributed by atoms with Crippen LogP contribution in [0.1, 0.15) is 54.4 Å². The van der Waals surface area contributed by atoms with Crippen molar-refractivity contribution in [3.8, 4) is 11.5 Å². The molecule has 2 aliphatic heterocycles. The predicted octanol–water partition coefficient (Wildman–Crippen LogP) is 9.04. The van der Waals surface area contributed by atoms with Crippen LogP contribution in [0.15, 0.2) is 127 Å². The van der Waals surface area contributed by atoms with Gasteiger partial charge in [-0.25, -0.2) is 4.79 Å². The normalized spacial score (nSPS) is 21.4. The first-order valence-electron chi connectivity index (χ1n) is 18.0. The van der Waals surface area contributed by atoms with Gasteiger partial charge in [0.2, 0.25) is 0 Å². The van der Waals surface area contributed by atoms with Gasteiger partial charge in [-0.3, -0.25) is 0 Å². The Balaban J connectivity index is 1.03. The van der Waals surface area contributed by atoms with Crippen molar-refractivity contribution in [3.05, 3.63) is 155 Å². The molecule has 0 aromatic heterocycles. The number of urea groups is 1. The molecule has 0 spiro atoms. The summed E-state index contributed by atoms with van der Waals surface area (Å²) in [4.78, 5) is 15.4. The van der Waals surface area contributed by atoms with Gasteiger partial charge in [-0.1, -0.05) is 85.3 Å². The van der Waals surface area contributed by atoms with Crippen LogP contribution in [-0.2, 0) is 21.7 Å². The number of likely N-dealkylation sites (tertiary alicyclic amines) is 1. The topological polar surface area (TPSA) is 113 Å². The maximum Gasteiger partial charge on any atom is 0.323 e. The summed E-state index contributed by atoms with van der Waals surface area (Å²) in [5, 5.41) is 27.6. The summed E-state index contributed by atoms with van der Waals surface area (Å²) in [7, 11) is 0. The van der Waals surface area contributed by atoms with E-state index < -0.39 is 11.9 Å². The minimum atomic E-state index is -0.900. The van der Waals surface area contributed by atoms with Gasteiger partial charge in [-0.05, 0) is 90.2 Å². The average molecular weight is 734 g/mol. The molecular formula is C43H44ClN3O6. The maximum atomic E-state index is 13.0. The molecule has 2 aliphatic rings. The van der Waals surface area contributed by atoms with Crippen LogP contribution in [0, 0.1) is 5.92 Å². The van der Waals surface area contributed by atoms with Crippen LogP contribution in [0.2, 0.25) is 5.02 Å². The molecule has 9 nitrogen and oxygen atoms in total. The zero-order chi connectivity index (χ0) is 36.8. The van der Waals surface area contributed by atoms with E-state index in [1.165, 1.54) is 0 Å². The van der Waals surface area contributed by atoms with Gasteiger partial charge < -0.3 is 40.0 Å². The highest BCUT2D eigenvalue weighted by Crippen LogP contribution is 2.43. The van der Waals surface area contributed by atoms with E-state index >= 15 is 0 Å². The number of ether oxygens (including phenoxy) is 3. The lowest BCUT2D eigenvalue weighted by Gasteiger charge is -2.45. The maximum absolute atomic E-state index is 13.0. The molecule has 5 aromatic carbocycles. The molecule has 2 fully saturated rings. The van der Waals surface area contributed by atoms with Crippen LogP contribution >= 0.6 is 11.6 Å². The van der Waals surface area contributed by atoms with E-state index in [2.05, 4.69) is 22.5 Å². The van der Waals surface area contributed by atoms with Crippen molar-refractivity contribution in [2.24, 2.45) is 5.92 Å². The van der Waals surface area contributed by atoms with Crippen LogP contribution in [0.4, 0.5) is 16.2 Å². The molecule has 0 radical (unpaired) electrons. The number of halogens is 1. The van der Waals surface area contributed by atoms with Crippen LogP contribution in [0.25, 0.3) is 0 Å². The highest BCUT2D eigenvalue weighted by molar-refractivity contribution is 6.30. The second-order valence-electron chi connectivity index (χ2n) is 13.8. The van der Waals surface area contributed by atoms with Crippen LogP contribution < -0.4 is 15.4 Å². The van der Waals surface area contributed by atoms with Gasteiger partial charge >= 0.3 is 6.03 Å². The van der Waals surface area contributed by atoms with Crippen LogP contribution in [-0.4, -0.2) is 46.9 Å². The Morgan fingerprint density at radius 1 is 0.811 bits per heavy atom. The van der Waals surface area contributed by atoms with E-state index in [0.29, 0.717) is 54.6 Å². The fraction of sp³-hybridized carbons (Fsp3) is 0.279. The number of carbonyl (C=O) groups is 1. The largest absolute Gasteiger partial charge is 0.457 e. The zero-order valence-electron chi connectivity index (χ0n) is 29.5. The predicted molar refractivity (Wildman–Crippen MR) is 206 cm³/mol. The molecule has 4 atom stereocenters. The van der Waals surface area contributed by atoms with Gasteiger partial charge in [0.05, 0.1) is 24.4 Å². The fourth-order valence-electron chi connectivity index (χ4n) is 7.02. The molecule has 0 saturated carbocycles. The van der Waals surface area contributed by atoms with Gasteiger partial charge in [0.1, 0.15) is 11.5 Å².